The van der Waals surface area contributed by atoms with Crippen LogP contribution in [0.2, 0.25) is 0 Å². The summed E-state index contributed by atoms with van der Waals surface area (Å²) in [4.78, 5) is 0. The minimum Gasteiger partial charge on any atom is -0.465 e. The molecule has 0 fully saturated rings. The van der Waals surface area contributed by atoms with E-state index in [4.69, 9.17) is 21.1 Å². The van der Waals surface area contributed by atoms with Gasteiger partial charge in [-0.1, -0.05) is 0 Å². The number of nitrogens with zero attached hydrogens (tertiary/aromatic N) is 3. The molecule has 0 bridgehead atoms. The van der Waals surface area contributed by atoms with Crippen LogP contribution in [0.5, 0.6) is 0 Å². The topological polar surface area (TPSA) is 72.2 Å². The Morgan fingerprint density at radius 2 is 2.14 bits per heavy atom. The second-order valence-electron chi connectivity index (χ2n) is 4.29. The van der Waals surface area contributed by atoms with Crippen LogP contribution < -0.4 is 0 Å². The fourth-order valence-corrected chi connectivity index (χ4v) is 1.93. The summed E-state index contributed by atoms with van der Waals surface area (Å²) in [5, 5.41) is 11.1. The molecule has 0 aromatic carbocycles. The Morgan fingerprint density at radius 3 is 2.86 bits per heavy atom. The lowest BCUT2D eigenvalue weighted by Crippen LogP contribution is -1.93. The summed E-state index contributed by atoms with van der Waals surface area (Å²) in [6, 6.07) is 7.28. The molecule has 3 aromatic heterocycles. The van der Waals surface area contributed by atoms with Gasteiger partial charge in [0, 0.05) is 0 Å². The third-order valence-corrected chi connectivity index (χ3v) is 2.95. The van der Waals surface area contributed by atoms with Crippen LogP contribution in [-0.2, 0) is 0 Å². The van der Waals surface area contributed by atoms with Gasteiger partial charge in [0.1, 0.15) is 5.76 Å². The average molecular weight is 300 g/mol. The number of H-pyrrole nitrogens is 1. The molecule has 0 atom stereocenters. The van der Waals surface area contributed by atoms with Gasteiger partial charge in [-0.3, -0.25) is 0 Å². The first-order valence-corrected chi connectivity index (χ1v) is 6.62. The van der Waals surface area contributed by atoms with Gasteiger partial charge in [0.2, 0.25) is 10.6 Å². The van der Waals surface area contributed by atoms with Crippen LogP contribution >= 0.6 is 12.2 Å². The third-order valence-electron chi connectivity index (χ3n) is 2.68. The van der Waals surface area contributed by atoms with Crippen molar-refractivity contribution in [2.24, 2.45) is 5.10 Å². The molecule has 106 valence electrons. The van der Waals surface area contributed by atoms with E-state index in [0.717, 1.165) is 11.3 Å². The van der Waals surface area contributed by atoms with E-state index in [2.05, 4.69) is 15.3 Å². The highest BCUT2D eigenvalue weighted by Crippen LogP contribution is 2.17. The molecule has 21 heavy (non-hydrogen) atoms. The molecule has 0 saturated heterocycles. The molecule has 7 heteroatoms. The first-order valence-electron chi connectivity index (χ1n) is 6.21. The summed E-state index contributed by atoms with van der Waals surface area (Å²) in [7, 11) is 0. The van der Waals surface area contributed by atoms with E-state index in [0.29, 0.717) is 16.4 Å². The fraction of sp³-hybridized carbons (Fsp3) is 0.0714. The van der Waals surface area contributed by atoms with Crippen LogP contribution in [0.25, 0.3) is 17.7 Å². The lowest BCUT2D eigenvalue weighted by Gasteiger charge is -1.97. The molecular weight excluding hydrogens is 288 g/mol. The lowest BCUT2D eigenvalue weighted by molar-refractivity contribution is 0.557. The third kappa shape index (κ3) is 2.92. The van der Waals surface area contributed by atoms with Crippen LogP contribution in [0, 0.1) is 4.77 Å². The zero-order valence-electron chi connectivity index (χ0n) is 11.2. The molecule has 3 rings (SSSR count). The molecule has 0 aliphatic heterocycles. The van der Waals surface area contributed by atoms with Crippen molar-refractivity contribution in [1.29, 1.82) is 0 Å². The summed E-state index contributed by atoms with van der Waals surface area (Å²) >= 11 is 5.17. The van der Waals surface area contributed by atoms with Gasteiger partial charge in [-0.2, -0.15) is 9.78 Å². The van der Waals surface area contributed by atoms with E-state index >= 15 is 0 Å². The van der Waals surface area contributed by atoms with Crippen molar-refractivity contribution >= 4 is 24.5 Å². The molecule has 0 aliphatic rings. The zero-order valence-corrected chi connectivity index (χ0v) is 12.0. The van der Waals surface area contributed by atoms with E-state index in [1.54, 1.807) is 30.9 Å². The summed E-state index contributed by atoms with van der Waals surface area (Å²) in [5.41, 5.74) is 0.915. The maximum Gasteiger partial charge on any atom is 0.219 e. The quantitative estimate of drug-likeness (QED) is 0.588. The van der Waals surface area contributed by atoms with Gasteiger partial charge in [-0.05, 0) is 55.1 Å². The number of rotatable bonds is 4. The predicted octanol–water partition coefficient (Wildman–Crippen LogP) is 3.73. The summed E-state index contributed by atoms with van der Waals surface area (Å²) < 4.78 is 12.5. The van der Waals surface area contributed by atoms with Crippen LogP contribution in [0.1, 0.15) is 12.7 Å². The van der Waals surface area contributed by atoms with Crippen molar-refractivity contribution in [1.82, 2.24) is 14.9 Å². The largest absolute Gasteiger partial charge is 0.465 e. The Bertz CT molecular complexity index is 823. The smallest absolute Gasteiger partial charge is 0.219 e. The van der Waals surface area contributed by atoms with Gasteiger partial charge in [-0.15, -0.1) is 5.10 Å². The number of nitrogens with one attached hydrogen (secondary N) is 1. The summed E-state index contributed by atoms with van der Waals surface area (Å²) in [5.74, 6) is 1.88. The van der Waals surface area contributed by atoms with Crippen LogP contribution in [0.4, 0.5) is 0 Å². The molecule has 0 radical (unpaired) electrons. The Balaban J connectivity index is 1.90. The van der Waals surface area contributed by atoms with Gasteiger partial charge in [0.15, 0.2) is 5.76 Å². The van der Waals surface area contributed by atoms with Crippen molar-refractivity contribution < 1.29 is 8.83 Å². The van der Waals surface area contributed by atoms with E-state index in [9.17, 15) is 0 Å². The molecule has 6 nitrogen and oxygen atoms in total. The van der Waals surface area contributed by atoms with E-state index in [-0.39, 0.29) is 0 Å². The highest BCUT2D eigenvalue weighted by atomic mass is 32.1. The number of aromatic amines is 1. The standard InChI is InChI=1S/C14H12N4O2S/c1-10(8-11-4-2-6-19-11)9-15-18-13(16-17-14(18)21)12-5-3-7-20-12/h2-9H,1H3,(H,17,21)/b10-8+,15-9-. The molecule has 1 N–H and O–H groups in total. The molecule has 3 heterocycles. The number of hydrogen-bond donors (Lipinski definition) is 1. The molecule has 0 aliphatic carbocycles. The molecule has 0 unspecified atom stereocenters. The number of aromatic nitrogens is 3. The second kappa shape index (κ2) is 5.76. The first-order chi connectivity index (χ1) is 10.2. The van der Waals surface area contributed by atoms with E-state index < -0.39 is 0 Å². The van der Waals surface area contributed by atoms with Crippen LogP contribution in [-0.4, -0.2) is 21.1 Å². The second-order valence-corrected chi connectivity index (χ2v) is 4.68. The predicted molar refractivity (Wildman–Crippen MR) is 81.4 cm³/mol. The average Bonchev–Trinajstić information content (AvgIpc) is 3.17. The minimum atomic E-state index is 0.392. The maximum atomic E-state index is 5.31. The minimum absolute atomic E-state index is 0.392. The molecular formula is C14H12N4O2S. The zero-order chi connectivity index (χ0) is 14.7. The SMILES string of the molecule is CC(/C=N\n1c(-c2ccco2)n[nH]c1=S)=C\c1ccco1. The monoisotopic (exact) mass is 300 g/mol. The van der Waals surface area contributed by atoms with Gasteiger partial charge < -0.3 is 8.83 Å². The van der Waals surface area contributed by atoms with Crippen molar-refractivity contribution in [2.75, 3.05) is 0 Å². The number of hydrogen-bond acceptors (Lipinski definition) is 5. The number of furan rings is 2. The Kier molecular flexibility index (Phi) is 3.65. The molecule has 3 aromatic rings. The molecule has 0 amide bonds. The van der Waals surface area contributed by atoms with Gasteiger partial charge >= 0.3 is 0 Å². The highest BCUT2D eigenvalue weighted by molar-refractivity contribution is 7.71. The van der Waals surface area contributed by atoms with Crippen LogP contribution in [0.3, 0.4) is 0 Å². The van der Waals surface area contributed by atoms with Crippen molar-refractivity contribution in [3.8, 4) is 11.6 Å². The van der Waals surface area contributed by atoms with Crippen LogP contribution in [0.15, 0.2) is 56.3 Å². The van der Waals surface area contributed by atoms with Crippen molar-refractivity contribution in [3.05, 3.63) is 52.9 Å². The maximum absolute atomic E-state index is 5.31. The Hall–Kier alpha value is -2.67. The molecule has 0 spiro atoms. The summed E-state index contributed by atoms with van der Waals surface area (Å²) in [6.07, 6.45) is 6.75. The van der Waals surface area contributed by atoms with Crippen molar-refractivity contribution in [2.45, 2.75) is 6.92 Å². The highest BCUT2D eigenvalue weighted by Gasteiger charge is 2.10. The van der Waals surface area contributed by atoms with E-state index in [1.807, 2.05) is 25.1 Å². The van der Waals surface area contributed by atoms with Crippen molar-refractivity contribution in [3.63, 3.8) is 0 Å². The van der Waals surface area contributed by atoms with Gasteiger partial charge in [0.25, 0.3) is 0 Å². The fourth-order valence-electron chi connectivity index (χ4n) is 1.75. The van der Waals surface area contributed by atoms with Gasteiger partial charge in [-0.25, -0.2) is 5.10 Å². The summed E-state index contributed by atoms with van der Waals surface area (Å²) in [6.45, 7) is 1.92. The first kappa shape index (κ1) is 13.3. The Labute approximate surface area is 125 Å². The van der Waals surface area contributed by atoms with E-state index in [1.165, 1.54) is 4.68 Å². The number of allylic oxidation sites excluding steroid dienone is 1. The normalized spacial score (nSPS) is 12.3. The lowest BCUT2D eigenvalue weighted by atomic mass is 10.3. The Morgan fingerprint density at radius 1 is 1.33 bits per heavy atom. The molecule has 0 saturated carbocycles. The van der Waals surface area contributed by atoms with Gasteiger partial charge in [0.05, 0.1) is 18.7 Å².